The van der Waals surface area contributed by atoms with Crippen LogP contribution in [0, 0.1) is 17.8 Å². The summed E-state index contributed by atoms with van der Waals surface area (Å²) in [6.07, 6.45) is 12.6. The second kappa shape index (κ2) is 9.99. The lowest BCUT2D eigenvalue weighted by atomic mass is 9.75. The molecule has 1 N–H and O–H groups in total. The van der Waals surface area contributed by atoms with Crippen LogP contribution in [0.2, 0.25) is 0 Å². The van der Waals surface area contributed by atoms with Crippen LogP contribution in [0.4, 0.5) is 0 Å². The predicted molar refractivity (Wildman–Crippen MR) is 145 cm³/mol. The predicted octanol–water partition coefficient (Wildman–Crippen LogP) is 4.42. The summed E-state index contributed by atoms with van der Waals surface area (Å²) in [7, 11) is -2.91. The minimum atomic E-state index is -2.91. The van der Waals surface area contributed by atoms with Gasteiger partial charge in [0.05, 0.1) is 17.7 Å². The molecule has 36 heavy (non-hydrogen) atoms. The second-order valence-corrected chi connectivity index (χ2v) is 14.0. The van der Waals surface area contributed by atoms with Crippen molar-refractivity contribution in [2.45, 2.75) is 58.8 Å². The van der Waals surface area contributed by atoms with Crippen LogP contribution in [0.1, 0.15) is 80.0 Å². The van der Waals surface area contributed by atoms with Crippen molar-refractivity contribution < 1.29 is 13.2 Å². The number of imidazole rings is 1. The molecule has 0 atom stereocenters. The van der Waals surface area contributed by atoms with E-state index in [1.807, 2.05) is 0 Å². The Morgan fingerprint density at radius 3 is 2.58 bits per heavy atom. The topological polar surface area (TPSA) is 83.1 Å². The van der Waals surface area contributed by atoms with Gasteiger partial charge in [0.2, 0.25) is 5.78 Å². The van der Waals surface area contributed by atoms with E-state index >= 15 is 0 Å². The zero-order valence-corrected chi connectivity index (χ0v) is 22.7. The van der Waals surface area contributed by atoms with E-state index in [0.29, 0.717) is 18.8 Å². The Balaban J connectivity index is 1.63. The molecule has 1 aromatic carbocycles. The van der Waals surface area contributed by atoms with E-state index < -0.39 is 9.84 Å². The van der Waals surface area contributed by atoms with Gasteiger partial charge in [-0.15, -0.1) is 6.42 Å². The summed E-state index contributed by atoms with van der Waals surface area (Å²) >= 11 is 0. The Morgan fingerprint density at radius 2 is 1.97 bits per heavy atom. The van der Waals surface area contributed by atoms with Gasteiger partial charge < -0.3 is 9.88 Å². The Morgan fingerprint density at radius 1 is 1.25 bits per heavy atom. The molecule has 7 heteroatoms. The summed E-state index contributed by atoms with van der Waals surface area (Å²) < 4.78 is 23.7. The Labute approximate surface area is 215 Å². The van der Waals surface area contributed by atoms with Crippen molar-refractivity contribution in [1.82, 2.24) is 14.9 Å². The zero-order valence-electron chi connectivity index (χ0n) is 21.9. The summed E-state index contributed by atoms with van der Waals surface area (Å²) in [5, 5.41) is 0. The lowest BCUT2D eigenvalue weighted by molar-refractivity contribution is 0.0984. The first-order valence-electron chi connectivity index (χ1n) is 12.7. The summed E-state index contributed by atoms with van der Waals surface area (Å²) in [5.74, 6) is 3.14. The molecule has 0 amide bonds. The third-order valence-corrected chi connectivity index (χ3v) is 9.22. The molecule has 192 valence electrons. The highest BCUT2D eigenvalue weighted by Gasteiger charge is 2.30. The van der Waals surface area contributed by atoms with Gasteiger partial charge in [-0.2, -0.15) is 0 Å². The van der Waals surface area contributed by atoms with Gasteiger partial charge in [-0.1, -0.05) is 57.9 Å². The van der Waals surface area contributed by atoms with Crippen molar-refractivity contribution >= 4 is 21.2 Å². The molecule has 0 radical (unpaired) electrons. The number of hydrogen-bond donors (Lipinski definition) is 1. The SMILES string of the molecule is C#Cc1cnc(C(=O)Cc2ccc(C(C)(C)CN3CCS(=O)(=O)CC3)cc2C2=CCC(C)(C)CC2)[nH]1. The molecule has 1 fully saturated rings. The molecular formula is C29H37N3O3S. The molecule has 2 aliphatic rings. The fourth-order valence-electron chi connectivity index (χ4n) is 5.12. The fourth-order valence-corrected chi connectivity index (χ4v) is 6.40. The van der Waals surface area contributed by atoms with Gasteiger partial charge >= 0.3 is 0 Å². The number of nitrogens with one attached hydrogen (secondary N) is 1. The molecule has 0 unspecified atom stereocenters. The van der Waals surface area contributed by atoms with E-state index in [-0.39, 0.29) is 40.4 Å². The average Bonchev–Trinajstić information content (AvgIpc) is 3.30. The number of benzene rings is 1. The minimum absolute atomic E-state index is 0.0870. The number of rotatable bonds is 7. The monoisotopic (exact) mass is 507 g/mol. The van der Waals surface area contributed by atoms with Crippen molar-refractivity contribution in [2.75, 3.05) is 31.1 Å². The molecule has 0 saturated carbocycles. The molecule has 0 bridgehead atoms. The van der Waals surface area contributed by atoms with E-state index in [2.05, 4.69) is 72.8 Å². The number of H-pyrrole nitrogens is 1. The number of carbonyl (C=O) groups is 1. The van der Waals surface area contributed by atoms with Gasteiger partial charge in [0.1, 0.15) is 5.69 Å². The molecular weight excluding hydrogens is 470 g/mol. The van der Waals surface area contributed by atoms with Gasteiger partial charge in [-0.3, -0.25) is 4.79 Å². The molecule has 2 aromatic rings. The van der Waals surface area contributed by atoms with Gasteiger partial charge in [0, 0.05) is 31.5 Å². The van der Waals surface area contributed by atoms with Crippen LogP contribution < -0.4 is 0 Å². The van der Waals surface area contributed by atoms with E-state index in [1.54, 1.807) is 0 Å². The van der Waals surface area contributed by atoms with Crippen molar-refractivity contribution in [3.63, 3.8) is 0 Å². The lowest BCUT2D eigenvalue weighted by Gasteiger charge is -2.36. The summed E-state index contributed by atoms with van der Waals surface area (Å²) in [6, 6.07) is 6.45. The van der Waals surface area contributed by atoms with Crippen LogP contribution in [0.15, 0.2) is 30.5 Å². The maximum absolute atomic E-state index is 13.0. The number of ketones is 1. The zero-order chi connectivity index (χ0) is 26.1. The molecule has 1 saturated heterocycles. The highest BCUT2D eigenvalue weighted by atomic mass is 32.2. The van der Waals surface area contributed by atoms with Gasteiger partial charge in [-0.05, 0) is 46.9 Å². The molecule has 4 rings (SSSR count). The van der Waals surface area contributed by atoms with Crippen LogP contribution >= 0.6 is 0 Å². The van der Waals surface area contributed by atoms with E-state index in [9.17, 15) is 13.2 Å². The summed E-state index contributed by atoms with van der Waals surface area (Å²) in [4.78, 5) is 22.4. The van der Waals surface area contributed by atoms with Gasteiger partial charge in [0.25, 0.3) is 0 Å². The van der Waals surface area contributed by atoms with E-state index in [0.717, 1.165) is 36.9 Å². The molecule has 1 aliphatic carbocycles. The fraction of sp³-hybridized carbons (Fsp3) is 0.517. The van der Waals surface area contributed by atoms with Crippen LogP contribution in [0.3, 0.4) is 0 Å². The van der Waals surface area contributed by atoms with Crippen molar-refractivity contribution in [1.29, 1.82) is 0 Å². The third kappa shape index (κ3) is 6.16. The number of terminal acetylenes is 1. The Bertz CT molecular complexity index is 1310. The highest BCUT2D eigenvalue weighted by molar-refractivity contribution is 7.91. The van der Waals surface area contributed by atoms with Crippen molar-refractivity contribution in [2.24, 2.45) is 5.41 Å². The number of aromatic nitrogens is 2. The van der Waals surface area contributed by atoms with Crippen LogP contribution in [0.5, 0.6) is 0 Å². The first kappa shape index (κ1) is 26.4. The molecule has 1 aromatic heterocycles. The molecule has 2 heterocycles. The smallest absolute Gasteiger partial charge is 0.202 e. The van der Waals surface area contributed by atoms with Crippen molar-refractivity contribution in [3.05, 3.63) is 58.7 Å². The van der Waals surface area contributed by atoms with Crippen molar-refractivity contribution in [3.8, 4) is 12.3 Å². The van der Waals surface area contributed by atoms with Crippen LogP contribution in [-0.4, -0.2) is 60.2 Å². The molecule has 1 aliphatic heterocycles. The second-order valence-electron chi connectivity index (χ2n) is 11.7. The maximum Gasteiger partial charge on any atom is 0.202 e. The minimum Gasteiger partial charge on any atom is -0.329 e. The van der Waals surface area contributed by atoms with Gasteiger partial charge in [0.15, 0.2) is 15.7 Å². The lowest BCUT2D eigenvalue weighted by Crippen LogP contribution is -2.45. The van der Waals surface area contributed by atoms with E-state index in [1.165, 1.54) is 17.3 Å². The first-order chi connectivity index (χ1) is 16.9. The summed E-state index contributed by atoms with van der Waals surface area (Å²) in [6.45, 7) is 11.0. The number of carbonyl (C=O) groups excluding carboxylic acids is 1. The Hall–Kier alpha value is -2.69. The van der Waals surface area contributed by atoms with E-state index in [4.69, 9.17) is 6.42 Å². The molecule has 0 spiro atoms. The largest absolute Gasteiger partial charge is 0.329 e. The Kier molecular flexibility index (Phi) is 7.32. The first-order valence-corrected chi connectivity index (χ1v) is 14.5. The number of Topliss-reactive ketones (excluding diaryl/α,β-unsaturated/α-hetero) is 1. The standard InChI is InChI=1S/C29H37N3O3S/c1-6-24-19-30-27(31-24)26(33)17-22-7-8-23(18-25(22)21-9-11-28(2,3)12-10-21)29(4,5)20-32-13-15-36(34,35)16-14-32/h1,7-9,18-19H,10-17,20H2,2-5H3,(H,30,31). The normalized spacial score (nSPS) is 19.9. The van der Waals surface area contributed by atoms with Crippen LogP contribution in [-0.2, 0) is 21.7 Å². The summed E-state index contributed by atoms with van der Waals surface area (Å²) in [5.41, 5.74) is 5.23. The number of hydrogen-bond acceptors (Lipinski definition) is 5. The number of nitrogens with zero attached hydrogens (tertiary/aromatic N) is 2. The van der Waals surface area contributed by atoms with Gasteiger partial charge in [-0.25, -0.2) is 13.4 Å². The highest BCUT2D eigenvalue weighted by Crippen LogP contribution is 2.40. The maximum atomic E-state index is 13.0. The average molecular weight is 508 g/mol. The molecule has 6 nitrogen and oxygen atoms in total. The quantitative estimate of drug-likeness (QED) is 0.443. The third-order valence-electron chi connectivity index (χ3n) is 7.61. The number of aromatic amines is 1. The number of allylic oxidation sites excluding steroid dienone is 2. The number of sulfone groups is 1. The van der Waals surface area contributed by atoms with Crippen LogP contribution in [0.25, 0.3) is 5.57 Å².